The van der Waals surface area contributed by atoms with Crippen molar-refractivity contribution in [2.45, 2.75) is 20.8 Å². The maximum Gasteiger partial charge on any atom is 0.259 e. The van der Waals surface area contributed by atoms with E-state index in [1.165, 1.54) is 17.0 Å². The van der Waals surface area contributed by atoms with Crippen LogP contribution in [-0.2, 0) is 4.79 Å². The first-order valence-corrected chi connectivity index (χ1v) is 10.4. The van der Waals surface area contributed by atoms with Crippen LogP contribution in [-0.4, -0.2) is 40.4 Å². The summed E-state index contributed by atoms with van der Waals surface area (Å²) in [4.78, 5) is 31.8. The lowest BCUT2D eigenvalue weighted by Gasteiger charge is -2.19. The highest BCUT2D eigenvalue weighted by atomic mass is 19.1. The SMILES string of the molecule is Cc1cccc(C)c1NC(=O)CN(C)C(=O)c1cc(-c2ccc(F)cc2)nc2onc(C)c12. The zero-order valence-electron chi connectivity index (χ0n) is 18.8. The van der Waals surface area contributed by atoms with Crippen LogP contribution in [0.25, 0.3) is 22.4 Å². The molecule has 0 fully saturated rings. The molecule has 2 aromatic carbocycles. The second-order valence-corrected chi connectivity index (χ2v) is 7.99. The molecule has 2 amide bonds. The van der Waals surface area contributed by atoms with Gasteiger partial charge in [-0.25, -0.2) is 9.37 Å². The summed E-state index contributed by atoms with van der Waals surface area (Å²) in [5, 5.41) is 7.31. The standard InChI is InChI=1S/C25H23FN4O3/c1-14-6-5-7-15(2)23(14)28-21(31)13-30(4)25(32)19-12-20(17-8-10-18(26)11-9-17)27-24-22(19)16(3)29-33-24/h5-12H,13H2,1-4H3,(H,28,31). The number of nitrogens with one attached hydrogen (secondary N) is 1. The summed E-state index contributed by atoms with van der Waals surface area (Å²) in [5.41, 5.74) is 4.70. The van der Waals surface area contributed by atoms with Gasteiger partial charge in [0.25, 0.3) is 11.6 Å². The van der Waals surface area contributed by atoms with Gasteiger partial charge in [-0.15, -0.1) is 0 Å². The van der Waals surface area contributed by atoms with E-state index in [9.17, 15) is 14.0 Å². The molecule has 1 N–H and O–H groups in total. The Morgan fingerprint density at radius 1 is 1.06 bits per heavy atom. The summed E-state index contributed by atoms with van der Waals surface area (Å²) in [7, 11) is 1.55. The Labute approximate surface area is 190 Å². The van der Waals surface area contributed by atoms with Crippen LogP contribution in [0, 0.1) is 26.6 Å². The maximum atomic E-state index is 13.4. The normalized spacial score (nSPS) is 10.9. The van der Waals surface area contributed by atoms with E-state index in [1.807, 2.05) is 32.0 Å². The molecular weight excluding hydrogens is 423 g/mol. The summed E-state index contributed by atoms with van der Waals surface area (Å²) in [6.45, 7) is 5.40. The molecule has 0 saturated heterocycles. The highest BCUT2D eigenvalue weighted by Gasteiger charge is 2.23. The van der Waals surface area contributed by atoms with E-state index in [0.29, 0.717) is 27.9 Å². The third-order valence-electron chi connectivity index (χ3n) is 5.46. The van der Waals surface area contributed by atoms with Crippen LogP contribution in [0.3, 0.4) is 0 Å². The van der Waals surface area contributed by atoms with Crippen molar-refractivity contribution >= 4 is 28.6 Å². The van der Waals surface area contributed by atoms with Gasteiger partial charge in [-0.1, -0.05) is 23.4 Å². The number of halogens is 1. The van der Waals surface area contributed by atoms with Gasteiger partial charge in [0.15, 0.2) is 0 Å². The lowest BCUT2D eigenvalue weighted by Crippen LogP contribution is -2.35. The molecule has 2 aromatic heterocycles. The van der Waals surface area contributed by atoms with E-state index in [-0.39, 0.29) is 29.9 Å². The molecule has 0 bridgehead atoms. The summed E-state index contributed by atoms with van der Waals surface area (Å²) in [6, 6.07) is 13.1. The fourth-order valence-corrected chi connectivity index (χ4v) is 3.72. The van der Waals surface area contributed by atoms with Crippen LogP contribution in [0.15, 0.2) is 53.1 Å². The molecule has 2 heterocycles. The van der Waals surface area contributed by atoms with Crippen molar-refractivity contribution in [1.82, 2.24) is 15.0 Å². The lowest BCUT2D eigenvalue weighted by molar-refractivity contribution is -0.116. The summed E-state index contributed by atoms with van der Waals surface area (Å²) >= 11 is 0. The lowest BCUT2D eigenvalue weighted by atomic mass is 10.0. The topological polar surface area (TPSA) is 88.3 Å². The molecule has 7 nitrogen and oxygen atoms in total. The molecule has 0 unspecified atom stereocenters. The van der Waals surface area contributed by atoms with E-state index >= 15 is 0 Å². The van der Waals surface area contributed by atoms with Crippen LogP contribution in [0.2, 0.25) is 0 Å². The Morgan fingerprint density at radius 3 is 2.39 bits per heavy atom. The number of pyridine rings is 1. The number of anilines is 1. The monoisotopic (exact) mass is 446 g/mol. The van der Waals surface area contributed by atoms with Gasteiger partial charge in [0, 0.05) is 18.3 Å². The first-order chi connectivity index (χ1) is 15.7. The minimum atomic E-state index is -0.381. The van der Waals surface area contributed by atoms with E-state index < -0.39 is 0 Å². The van der Waals surface area contributed by atoms with Crippen molar-refractivity contribution in [3.63, 3.8) is 0 Å². The van der Waals surface area contributed by atoms with Gasteiger partial charge in [-0.2, -0.15) is 0 Å². The molecular formula is C25H23FN4O3. The Hall–Kier alpha value is -4.07. The fraction of sp³-hybridized carbons (Fsp3) is 0.200. The summed E-state index contributed by atoms with van der Waals surface area (Å²) in [6.07, 6.45) is 0. The quantitative estimate of drug-likeness (QED) is 0.482. The Bertz CT molecular complexity index is 1340. The van der Waals surface area contributed by atoms with Crippen molar-refractivity contribution < 1.29 is 18.5 Å². The number of aryl methyl sites for hydroxylation is 3. The highest BCUT2D eigenvalue weighted by Crippen LogP contribution is 2.28. The smallest absolute Gasteiger partial charge is 0.259 e. The fourth-order valence-electron chi connectivity index (χ4n) is 3.72. The molecule has 4 aromatic rings. The third-order valence-corrected chi connectivity index (χ3v) is 5.46. The Kier molecular flexibility index (Phi) is 5.91. The second kappa shape index (κ2) is 8.82. The number of carbonyl (C=O) groups is 2. The molecule has 0 spiro atoms. The van der Waals surface area contributed by atoms with Gasteiger partial charge in [0.2, 0.25) is 5.91 Å². The van der Waals surface area contributed by atoms with Gasteiger partial charge in [0.05, 0.1) is 28.9 Å². The number of nitrogens with zero attached hydrogens (tertiary/aromatic N) is 3. The molecule has 8 heteroatoms. The molecule has 0 aliphatic carbocycles. The second-order valence-electron chi connectivity index (χ2n) is 7.99. The van der Waals surface area contributed by atoms with Crippen LogP contribution < -0.4 is 5.32 Å². The third kappa shape index (κ3) is 4.45. The van der Waals surface area contributed by atoms with Crippen LogP contribution >= 0.6 is 0 Å². The molecule has 168 valence electrons. The number of rotatable bonds is 5. The van der Waals surface area contributed by atoms with Gasteiger partial charge in [-0.05, 0) is 62.2 Å². The van der Waals surface area contributed by atoms with Gasteiger partial charge in [0.1, 0.15) is 5.82 Å². The molecule has 33 heavy (non-hydrogen) atoms. The zero-order chi connectivity index (χ0) is 23.7. The number of hydrogen-bond donors (Lipinski definition) is 1. The van der Waals surface area contributed by atoms with Crippen molar-refractivity contribution in [2.75, 3.05) is 18.9 Å². The predicted molar refractivity (Wildman–Crippen MR) is 123 cm³/mol. The molecule has 4 rings (SSSR count). The van der Waals surface area contributed by atoms with E-state index in [0.717, 1.165) is 16.8 Å². The summed E-state index contributed by atoms with van der Waals surface area (Å²) < 4.78 is 18.7. The Morgan fingerprint density at radius 2 is 1.73 bits per heavy atom. The minimum absolute atomic E-state index is 0.146. The number of fused-ring (bicyclic) bond motifs is 1. The van der Waals surface area contributed by atoms with Crippen molar-refractivity contribution in [3.8, 4) is 11.3 Å². The minimum Gasteiger partial charge on any atom is -0.335 e. The van der Waals surface area contributed by atoms with Gasteiger partial charge < -0.3 is 14.7 Å². The van der Waals surface area contributed by atoms with E-state index in [1.54, 1.807) is 32.2 Å². The molecule has 0 aliphatic rings. The first kappa shape index (κ1) is 22.1. The number of aromatic nitrogens is 2. The highest BCUT2D eigenvalue weighted by molar-refractivity contribution is 6.08. The number of amides is 2. The number of para-hydroxylation sites is 1. The number of benzene rings is 2. The molecule has 0 aliphatic heterocycles. The van der Waals surface area contributed by atoms with Gasteiger partial charge in [-0.3, -0.25) is 9.59 Å². The van der Waals surface area contributed by atoms with Crippen LogP contribution in [0.5, 0.6) is 0 Å². The van der Waals surface area contributed by atoms with Crippen molar-refractivity contribution in [3.05, 3.63) is 76.7 Å². The van der Waals surface area contributed by atoms with E-state index in [2.05, 4.69) is 15.5 Å². The maximum absolute atomic E-state index is 13.4. The molecule has 0 radical (unpaired) electrons. The molecule has 0 saturated carbocycles. The van der Waals surface area contributed by atoms with Crippen LogP contribution in [0.4, 0.5) is 10.1 Å². The average molecular weight is 446 g/mol. The number of likely N-dealkylation sites (N-methyl/N-ethyl adjacent to an activating group) is 1. The average Bonchev–Trinajstić information content (AvgIpc) is 3.16. The number of hydrogen-bond acceptors (Lipinski definition) is 5. The van der Waals surface area contributed by atoms with E-state index in [4.69, 9.17) is 4.52 Å². The first-order valence-electron chi connectivity index (χ1n) is 10.4. The summed E-state index contributed by atoms with van der Waals surface area (Å²) in [5.74, 6) is -1.07. The zero-order valence-corrected chi connectivity index (χ0v) is 18.8. The molecule has 0 atom stereocenters. The van der Waals surface area contributed by atoms with Crippen LogP contribution in [0.1, 0.15) is 27.2 Å². The van der Waals surface area contributed by atoms with Gasteiger partial charge >= 0.3 is 0 Å². The predicted octanol–water partition coefficient (Wildman–Crippen LogP) is 4.66. The van der Waals surface area contributed by atoms with Crippen molar-refractivity contribution in [1.29, 1.82) is 0 Å². The largest absolute Gasteiger partial charge is 0.335 e. The number of carbonyl (C=O) groups excluding carboxylic acids is 2. The van der Waals surface area contributed by atoms with Crippen molar-refractivity contribution in [2.24, 2.45) is 0 Å². The Balaban J connectivity index is 1.63.